The number of furan rings is 1. The molecule has 0 radical (unpaired) electrons. The lowest BCUT2D eigenvalue weighted by Gasteiger charge is -2.23. The Labute approximate surface area is 119 Å². The highest BCUT2D eigenvalue weighted by Crippen LogP contribution is 2.36. The summed E-state index contributed by atoms with van der Waals surface area (Å²) in [4.78, 5) is 0.360. The van der Waals surface area contributed by atoms with E-state index in [0.29, 0.717) is 11.4 Å². The van der Waals surface area contributed by atoms with Crippen LogP contribution in [0, 0.1) is 6.92 Å². The highest BCUT2D eigenvalue weighted by molar-refractivity contribution is 7.89. The normalized spacial score (nSPS) is 20.4. The minimum Gasteiger partial charge on any atom is -0.472 e. The molecule has 0 unspecified atom stereocenters. The maximum atomic E-state index is 12.7. The van der Waals surface area contributed by atoms with E-state index in [1.807, 2.05) is 25.1 Å². The quantitative estimate of drug-likeness (QED) is 0.873. The van der Waals surface area contributed by atoms with Crippen LogP contribution < -0.4 is 0 Å². The van der Waals surface area contributed by atoms with Crippen LogP contribution in [0.3, 0.4) is 0 Å². The van der Waals surface area contributed by atoms with Gasteiger partial charge in [0.05, 0.1) is 23.5 Å². The van der Waals surface area contributed by atoms with E-state index in [2.05, 4.69) is 0 Å². The van der Waals surface area contributed by atoms with E-state index >= 15 is 0 Å². The fourth-order valence-corrected chi connectivity index (χ4v) is 4.35. The predicted octanol–water partition coefficient (Wildman–Crippen LogP) is 3.11. The fourth-order valence-electron chi connectivity index (χ4n) is 2.67. The average Bonchev–Trinajstić information content (AvgIpc) is 3.10. The lowest BCUT2D eigenvalue weighted by molar-refractivity contribution is 0.394. The second-order valence-electron chi connectivity index (χ2n) is 5.14. The summed E-state index contributed by atoms with van der Waals surface area (Å²) in [6, 6.07) is 8.74. The summed E-state index contributed by atoms with van der Waals surface area (Å²) >= 11 is 0. The van der Waals surface area contributed by atoms with Crippen molar-refractivity contribution in [2.45, 2.75) is 30.7 Å². The molecule has 1 atom stereocenters. The first kappa shape index (κ1) is 13.4. The first-order valence-electron chi connectivity index (χ1n) is 6.69. The minimum atomic E-state index is -3.44. The molecular weight excluding hydrogens is 274 g/mol. The second-order valence-corrected chi connectivity index (χ2v) is 7.03. The van der Waals surface area contributed by atoms with Crippen molar-refractivity contribution in [3.63, 3.8) is 0 Å². The van der Waals surface area contributed by atoms with Crippen molar-refractivity contribution >= 4 is 10.0 Å². The monoisotopic (exact) mass is 291 g/mol. The van der Waals surface area contributed by atoms with E-state index in [9.17, 15) is 8.42 Å². The zero-order valence-corrected chi connectivity index (χ0v) is 12.1. The number of hydrogen-bond donors (Lipinski definition) is 0. The second kappa shape index (κ2) is 5.07. The topological polar surface area (TPSA) is 50.5 Å². The van der Waals surface area contributed by atoms with E-state index in [0.717, 1.165) is 24.0 Å². The van der Waals surface area contributed by atoms with Gasteiger partial charge in [0.15, 0.2) is 0 Å². The van der Waals surface area contributed by atoms with Gasteiger partial charge in [-0.1, -0.05) is 17.7 Å². The van der Waals surface area contributed by atoms with Crippen LogP contribution in [0.15, 0.2) is 52.2 Å². The maximum Gasteiger partial charge on any atom is 0.243 e. The SMILES string of the molecule is Cc1ccc(S(=O)(=O)N2CCC[C@@H]2c2ccoc2)cc1. The largest absolute Gasteiger partial charge is 0.472 e. The number of aryl methyl sites for hydroxylation is 1. The molecule has 106 valence electrons. The van der Waals surface area contributed by atoms with Gasteiger partial charge in [-0.25, -0.2) is 8.42 Å². The van der Waals surface area contributed by atoms with E-state index in [4.69, 9.17) is 4.42 Å². The third-order valence-electron chi connectivity index (χ3n) is 3.76. The molecule has 1 aliphatic rings. The van der Waals surface area contributed by atoms with Crippen LogP contribution in [0.1, 0.15) is 30.0 Å². The summed E-state index contributed by atoms with van der Waals surface area (Å²) in [5.74, 6) is 0. The first-order valence-corrected chi connectivity index (χ1v) is 8.13. The third-order valence-corrected chi connectivity index (χ3v) is 5.68. The summed E-state index contributed by atoms with van der Waals surface area (Å²) in [7, 11) is -3.44. The van der Waals surface area contributed by atoms with Crippen molar-refractivity contribution in [2.75, 3.05) is 6.54 Å². The Morgan fingerprint density at radius 1 is 1.20 bits per heavy atom. The van der Waals surface area contributed by atoms with E-state index in [1.165, 1.54) is 0 Å². The molecule has 1 aliphatic heterocycles. The summed E-state index contributed by atoms with van der Waals surface area (Å²) < 4.78 is 32.2. The Bertz CT molecular complexity index is 674. The van der Waals surface area contributed by atoms with Gasteiger partial charge in [0.2, 0.25) is 10.0 Å². The van der Waals surface area contributed by atoms with Gasteiger partial charge in [0.25, 0.3) is 0 Å². The lowest BCUT2D eigenvalue weighted by Crippen LogP contribution is -2.30. The summed E-state index contributed by atoms with van der Waals surface area (Å²) in [5.41, 5.74) is 1.98. The molecule has 1 fully saturated rings. The number of nitrogens with zero attached hydrogens (tertiary/aromatic N) is 1. The minimum absolute atomic E-state index is 0.111. The molecule has 0 saturated carbocycles. The average molecular weight is 291 g/mol. The van der Waals surface area contributed by atoms with E-state index < -0.39 is 10.0 Å². The number of rotatable bonds is 3. The smallest absolute Gasteiger partial charge is 0.243 e. The van der Waals surface area contributed by atoms with Gasteiger partial charge in [-0.3, -0.25) is 0 Å². The van der Waals surface area contributed by atoms with Crippen molar-refractivity contribution < 1.29 is 12.8 Å². The Balaban J connectivity index is 1.96. The van der Waals surface area contributed by atoms with Crippen LogP contribution in [0.5, 0.6) is 0 Å². The highest BCUT2D eigenvalue weighted by atomic mass is 32.2. The van der Waals surface area contributed by atoms with Crippen molar-refractivity contribution in [2.24, 2.45) is 0 Å². The summed E-state index contributed by atoms with van der Waals surface area (Å²) in [6.07, 6.45) is 4.93. The van der Waals surface area contributed by atoms with Crippen LogP contribution in [0.2, 0.25) is 0 Å². The van der Waals surface area contributed by atoms with E-state index in [1.54, 1.807) is 29.0 Å². The fraction of sp³-hybridized carbons (Fsp3) is 0.333. The van der Waals surface area contributed by atoms with Crippen LogP contribution in [-0.2, 0) is 10.0 Å². The molecule has 2 aromatic rings. The van der Waals surface area contributed by atoms with Gasteiger partial charge in [-0.15, -0.1) is 0 Å². The Kier molecular flexibility index (Phi) is 3.40. The molecule has 0 bridgehead atoms. The van der Waals surface area contributed by atoms with Crippen LogP contribution in [-0.4, -0.2) is 19.3 Å². The molecule has 4 nitrogen and oxygen atoms in total. The molecule has 5 heteroatoms. The van der Waals surface area contributed by atoms with Crippen LogP contribution >= 0.6 is 0 Å². The van der Waals surface area contributed by atoms with Gasteiger partial charge in [0, 0.05) is 12.1 Å². The van der Waals surface area contributed by atoms with Gasteiger partial charge in [0.1, 0.15) is 0 Å². The molecule has 0 spiro atoms. The van der Waals surface area contributed by atoms with Gasteiger partial charge in [-0.05, 0) is 38.0 Å². The van der Waals surface area contributed by atoms with Crippen molar-refractivity contribution in [1.82, 2.24) is 4.31 Å². The zero-order valence-electron chi connectivity index (χ0n) is 11.3. The molecular formula is C15H17NO3S. The molecule has 0 N–H and O–H groups in total. The number of hydrogen-bond acceptors (Lipinski definition) is 3. The van der Waals surface area contributed by atoms with Gasteiger partial charge < -0.3 is 4.42 Å². The number of benzene rings is 1. The van der Waals surface area contributed by atoms with E-state index in [-0.39, 0.29) is 6.04 Å². The third kappa shape index (κ3) is 2.27. The Morgan fingerprint density at radius 2 is 1.95 bits per heavy atom. The zero-order chi connectivity index (χ0) is 14.2. The van der Waals surface area contributed by atoms with Crippen molar-refractivity contribution in [1.29, 1.82) is 0 Å². The van der Waals surface area contributed by atoms with Crippen LogP contribution in [0.25, 0.3) is 0 Å². The molecule has 1 saturated heterocycles. The summed E-state index contributed by atoms with van der Waals surface area (Å²) in [5, 5.41) is 0. The molecule has 1 aromatic heterocycles. The van der Waals surface area contributed by atoms with Crippen molar-refractivity contribution in [3.05, 3.63) is 54.0 Å². The first-order chi connectivity index (χ1) is 9.59. The van der Waals surface area contributed by atoms with Gasteiger partial charge >= 0.3 is 0 Å². The molecule has 1 aromatic carbocycles. The summed E-state index contributed by atoms with van der Waals surface area (Å²) in [6.45, 7) is 2.51. The predicted molar refractivity (Wildman–Crippen MR) is 75.8 cm³/mol. The maximum absolute atomic E-state index is 12.7. The Hall–Kier alpha value is -1.59. The molecule has 3 rings (SSSR count). The van der Waals surface area contributed by atoms with Gasteiger partial charge in [-0.2, -0.15) is 4.31 Å². The van der Waals surface area contributed by atoms with Crippen molar-refractivity contribution in [3.8, 4) is 0 Å². The molecule has 2 heterocycles. The number of sulfonamides is 1. The van der Waals surface area contributed by atoms with Crippen LogP contribution in [0.4, 0.5) is 0 Å². The lowest BCUT2D eigenvalue weighted by atomic mass is 10.1. The highest BCUT2D eigenvalue weighted by Gasteiger charge is 2.36. The standard InChI is InChI=1S/C15H17NO3S/c1-12-4-6-14(7-5-12)20(17,18)16-9-2-3-15(16)13-8-10-19-11-13/h4-8,10-11,15H,2-3,9H2,1H3/t15-/m1/s1. The molecule has 0 amide bonds. The molecule has 20 heavy (non-hydrogen) atoms. The Morgan fingerprint density at radius 3 is 2.60 bits per heavy atom. The molecule has 0 aliphatic carbocycles.